The van der Waals surface area contributed by atoms with Gasteiger partial charge in [0.15, 0.2) is 0 Å². The van der Waals surface area contributed by atoms with Gasteiger partial charge in [-0.2, -0.15) is 0 Å². The summed E-state index contributed by atoms with van der Waals surface area (Å²) in [6.45, 7) is 6.45. The van der Waals surface area contributed by atoms with Crippen LogP contribution in [-0.2, 0) is 6.42 Å². The predicted octanol–water partition coefficient (Wildman–Crippen LogP) is 11.9. The molecule has 5 nitrogen and oxygen atoms in total. The molecule has 3 aromatic carbocycles. The lowest BCUT2D eigenvalue weighted by atomic mass is 9.92. The summed E-state index contributed by atoms with van der Waals surface area (Å²) in [6.07, 6.45) is 23.7. The fourth-order valence-electron chi connectivity index (χ4n) is 7.40. The number of rotatable bonds is 10. The first kappa shape index (κ1) is 34.4. The van der Waals surface area contributed by atoms with E-state index in [1.54, 1.807) is 0 Å². The third kappa shape index (κ3) is 7.04. The number of allylic oxidation sites excluding steroid dienone is 6. The summed E-state index contributed by atoms with van der Waals surface area (Å²) in [5, 5.41) is 2.31. The second kappa shape index (κ2) is 15.5. The van der Waals surface area contributed by atoms with Crippen LogP contribution in [0.25, 0.3) is 55.3 Å². The van der Waals surface area contributed by atoms with Gasteiger partial charge >= 0.3 is 0 Å². The fraction of sp³-hybridized carbons (Fsp3) is 0.102. The van der Waals surface area contributed by atoms with Crippen molar-refractivity contribution < 1.29 is 0 Å². The van der Waals surface area contributed by atoms with Gasteiger partial charge in [0.1, 0.15) is 0 Å². The van der Waals surface area contributed by atoms with Gasteiger partial charge in [-0.15, -0.1) is 0 Å². The van der Waals surface area contributed by atoms with Crippen LogP contribution in [0.3, 0.4) is 0 Å². The summed E-state index contributed by atoms with van der Waals surface area (Å²) < 4.78 is 2.30. The highest BCUT2D eigenvalue weighted by Crippen LogP contribution is 2.35. The van der Waals surface area contributed by atoms with Crippen molar-refractivity contribution in [1.82, 2.24) is 24.5 Å². The van der Waals surface area contributed by atoms with E-state index in [1.807, 2.05) is 49.6 Å². The molecule has 0 saturated carbocycles. The molecule has 0 amide bonds. The number of hydrogen-bond donors (Lipinski definition) is 0. The largest absolute Gasteiger partial charge is 0.306 e. The Kier molecular flexibility index (Phi) is 9.86. The molecule has 8 rings (SSSR count). The van der Waals surface area contributed by atoms with Crippen LogP contribution in [-0.4, -0.2) is 24.5 Å². The van der Waals surface area contributed by atoms with E-state index in [9.17, 15) is 0 Å². The van der Waals surface area contributed by atoms with E-state index in [-0.39, 0.29) is 0 Å². The lowest BCUT2D eigenvalue weighted by molar-refractivity contribution is 1.11. The van der Waals surface area contributed by atoms with Crippen molar-refractivity contribution in [2.75, 3.05) is 0 Å². The molecule has 0 saturated heterocycles. The fourth-order valence-corrected chi connectivity index (χ4v) is 7.40. The highest BCUT2D eigenvalue weighted by atomic mass is 15.0. The zero-order valence-corrected chi connectivity index (χ0v) is 30.8. The normalized spacial score (nSPS) is 12.5. The average molecular weight is 700 g/mol. The SMILES string of the molecule is C/C=C(/C=C(\C/C=C(\C)c1cc(Cc2cnccc2-c2ccncc2C)cc(-n2c3cnccc3c3ccncc32)c1)c1ccccc1)c1ccccc1. The van der Waals surface area contributed by atoms with Gasteiger partial charge in [-0.25, -0.2) is 0 Å². The van der Waals surface area contributed by atoms with Crippen molar-refractivity contribution in [3.05, 3.63) is 204 Å². The summed E-state index contributed by atoms with van der Waals surface area (Å²) in [4.78, 5) is 18.0. The Labute approximate surface area is 316 Å². The van der Waals surface area contributed by atoms with E-state index in [0.717, 1.165) is 50.6 Å². The van der Waals surface area contributed by atoms with Crippen molar-refractivity contribution in [1.29, 1.82) is 0 Å². The zero-order valence-electron chi connectivity index (χ0n) is 30.8. The molecule has 0 radical (unpaired) electrons. The molecule has 262 valence electrons. The van der Waals surface area contributed by atoms with Crippen LogP contribution in [0.1, 0.15) is 53.6 Å². The molecule has 0 atom stereocenters. The van der Waals surface area contributed by atoms with E-state index in [1.165, 1.54) is 44.5 Å². The highest BCUT2D eigenvalue weighted by Gasteiger charge is 2.16. The van der Waals surface area contributed by atoms with Crippen LogP contribution in [0, 0.1) is 6.92 Å². The van der Waals surface area contributed by atoms with Crippen LogP contribution < -0.4 is 0 Å². The van der Waals surface area contributed by atoms with E-state index in [0.29, 0.717) is 6.42 Å². The van der Waals surface area contributed by atoms with E-state index >= 15 is 0 Å². The number of aromatic nitrogens is 5. The Hall–Kier alpha value is -6.72. The quantitative estimate of drug-likeness (QED) is 0.133. The third-order valence-electron chi connectivity index (χ3n) is 10.2. The minimum absolute atomic E-state index is 0.712. The van der Waals surface area contributed by atoms with E-state index in [2.05, 4.69) is 167 Å². The summed E-state index contributed by atoms with van der Waals surface area (Å²) in [6, 6.07) is 36.6. The maximum atomic E-state index is 4.58. The number of pyridine rings is 4. The molecule has 0 aliphatic carbocycles. The molecular weight excluding hydrogens is 659 g/mol. The Morgan fingerprint density at radius 2 is 1.24 bits per heavy atom. The van der Waals surface area contributed by atoms with Gasteiger partial charge in [-0.05, 0) is 131 Å². The first-order chi connectivity index (χ1) is 26.6. The highest BCUT2D eigenvalue weighted by molar-refractivity contribution is 6.08. The zero-order chi connectivity index (χ0) is 36.9. The molecule has 5 heteroatoms. The topological polar surface area (TPSA) is 56.5 Å². The molecule has 0 unspecified atom stereocenters. The molecule has 5 heterocycles. The molecule has 0 N–H and O–H groups in total. The third-order valence-corrected chi connectivity index (χ3v) is 10.2. The van der Waals surface area contributed by atoms with Crippen molar-refractivity contribution in [2.45, 2.75) is 33.6 Å². The second-order valence-corrected chi connectivity index (χ2v) is 13.6. The van der Waals surface area contributed by atoms with Crippen LogP contribution in [0.4, 0.5) is 0 Å². The Morgan fingerprint density at radius 1 is 0.630 bits per heavy atom. The van der Waals surface area contributed by atoms with Crippen LogP contribution in [0.2, 0.25) is 0 Å². The van der Waals surface area contributed by atoms with Crippen molar-refractivity contribution in [3.8, 4) is 16.8 Å². The summed E-state index contributed by atoms with van der Waals surface area (Å²) in [5.74, 6) is 0. The molecule has 54 heavy (non-hydrogen) atoms. The number of benzene rings is 3. The Balaban J connectivity index is 1.26. The van der Waals surface area contributed by atoms with Crippen molar-refractivity contribution in [3.63, 3.8) is 0 Å². The molecule has 0 aliphatic heterocycles. The van der Waals surface area contributed by atoms with Crippen LogP contribution in [0.5, 0.6) is 0 Å². The number of nitrogens with zero attached hydrogens (tertiary/aromatic N) is 5. The number of fused-ring (bicyclic) bond motifs is 3. The van der Waals surface area contributed by atoms with Gasteiger partial charge < -0.3 is 4.57 Å². The standard InChI is InChI=1S/C49H41N5/c1-4-37(38-11-7-5-8-12-38)28-40(39-13-9-6-10-14-39)16-15-34(2)41-25-36(26-42-31-51-22-18-45(42)44-17-21-50-30-35(44)3)27-43(29-41)54-48-32-52-23-19-46(48)47-20-24-53-33-49(47)54/h4-15,17-25,27-33H,16,26H2,1-3H3/b34-15+,37-4-,40-28+. The average Bonchev–Trinajstić information content (AvgIpc) is 3.56. The molecular formula is C49H41N5. The molecule has 8 aromatic rings. The maximum Gasteiger partial charge on any atom is 0.0725 e. The van der Waals surface area contributed by atoms with E-state index < -0.39 is 0 Å². The van der Waals surface area contributed by atoms with Gasteiger partial charge in [-0.1, -0.05) is 85.0 Å². The minimum Gasteiger partial charge on any atom is -0.306 e. The first-order valence-corrected chi connectivity index (χ1v) is 18.4. The Morgan fingerprint density at radius 3 is 1.91 bits per heavy atom. The lowest BCUT2D eigenvalue weighted by Gasteiger charge is -2.16. The monoisotopic (exact) mass is 699 g/mol. The van der Waals surface area contributed by atoms with Gasteiger partial charge in [0.2, 0.25) is 0 Å². The smallest absolute Gasteiger partial charge is 0.0725 e. The summed E-state index contributed by atoms with van der Waals surface area (Å²) in [5.41, 5.74) is 16.3. The number of hydrogen-bond acceptors (Lipinski definition) is 4. The lowest BCUT2D eigenvalue weighted by Crippen LogP contribution is -2.00. The van der Waals surface area contributed by atoms with Crippen molar-refractivity contribution in [2.24, 2.45) is 0 Å². The molecule has 0 fully saturated rings. The van der Waals surface area contributed by atoms with Gasteiger partial charge in [0.05, 0.1) is 23.4 Å². The molecule has 0 bridgehead atoms. The van der Waals surface area contributed by atoms with Crippen molar-refractivity contribution >= 4 is 38.5 Å². The van der Waals surface area contributed by atoms with Crippen LogP contribution in [0.15, 0.2) is 171 Å². The Bertz CT molecular complexity index is 2630. The predicted molar refractivity (Wildman–Crippen MR) is 224 cm³/mol. The molecule has 5 aromatic heterocycles. The first-order valence-electron chi connectivity index (χ1n) is 18.4. The number of aryl methyl sites for hydroxylation is 1. The molecule has 0 spiro atoms. The van der Waals surface area contributed by atoms with Gasteiger partial charge in [0.25, 0.3) is 0 Å². The molecule has 0 aliphatic rings. The maximum absolute atomic E-state index is 4.58. The van der Waals surface area contributed by atoms with Gasteiger partial charge in [0, 0.05) is 53.6 Å². The summed E-state index contributed by atoms with van der Waals surface area (Å²) in [7, 11) is 0. The second-order valence-electron chi connectivity index (χ2n) is 13.6. The van der Waals surface area contributed by atoms with Gasteiger partial charge in [-0.3, -0.25) is 19.9 Å². The van der Waals surface area contributed by atoms with E-state index in [4.69, 9.17) is 0 Å². The minimum atomic E-state index is 0.712. The van der Waals surface area contributed by atoms with Crippen LogP contribution >= 0.6 is 0 Å². The summed E-state index contributed by atoms with van der Waals surface area (Å²) >= 11 is 0.